The highest BCUT2D eigenvalue weighted by atomic mass is 16.5. The molecule has 4 rings (SSSR count). The highest BCUT2D eigenvalue weighted by molar-refractivity contribution is 5.70. The third-order valence-corrected chi connectivity index (χ3v) is 7.20. The van der Waals surface area contributed by atoms with E-state index in [4.69, 9.17) is 9.26 Å². The molecule has 10 nitrogen and oxygen atoms in total. The van der Waals surface area contributed by atoms with E-state index in [1.807, 2.05) is 49.9 Å². The first-order valence-corrected chi connectivity index (χ1v) is 13.7. The van der Waals surface area contributed by atoms with Crippen molar-refractivity contribution in [2.75, 3.05) is 44.2 Å². The predicted octanol–water partition coefficient (Wildman–Crippen LogP) is 3.97. The number of benzene rings is 1. The molecule has 1 saturated heterocycles. The van der Waals surface area contributed by atoms with Crippen LogP contribution in [0.25, 0.3) is 22.8 Å². The lowest BCUT2D eigenvalue weighted by molar-refractivity contribution is -0.141. The Morgan fingerprint density at radius 3 is 2.59 bits per heavy atom. The third-order valence-electron chi connectivity index (χ3n) is 7.20. The van der Waals surface area contributed by atoms with E-state index in [-0.39, 0.29) is 12.5 Å². The molecule has 2 N–H and O–H groups in total. The summed E-state index contributed by atoms with van der Waals surface area (Å²) in [5, 5.41) is 24.0. The van der Waals surface area contributed by atoms with Crippen molar-refractivity contribution in [3.05, 3.63) is 41.1 Å². The number of hydrogen-bond donors (Lipinski definition) is 2. The molecular weight excluding hydrogens is 498 g/mol. The Hall–Kier alpha value is -3.50. The molecule has 0 radical (unpaired) electrons. The van der Waals surface area contributed by atoms with E-state index in [1.165, 1.54) is 0 Å². The van der Waals surface area contributed by atoms with E-state index in [1.54, 1.807) is 0 Å². The van der Waals surface area contributed by atoms with E-state index < -0.39 is 12.1 Å². The van der Waals surface area contributed by atoms with Crippen molar-refractivity contribution < 1.29 is 24.3 Å². The fourth-order valence-electron chi connectivity index (χ4n) is 5.12. The number of nitrogens with zero attached hydrogens (tertiary/aromatic N) is 5. The van der Waals surface area contributed by atoms with Gasteiger partial charge in [0.2, 0.25) is 5.82 Å². The second kappa shape index (κ2) is 12.6. The van der Waals surface area contributed by atoms with Crippen LogP contribution in [0, 0.1) is 19.8 Å². The summed E-state index contributed by atoms with van der Waals surface area (Å²) in [7, 11) is 0. The number of likely N-dealkylation sites (tertiary alicyclic amines) is 1. The van der Waals surface area contributed by atoms with E-state index in [0.29, 0.717) is 37.8 Å². The molecule has 0 aliphatic carbocycles. The second-order valence-electron chi connectivity index (χ2n) is 10.1. The van der Waals surface area contributed by atoms with Crippen LogP contribution in [0.4, 0.5) is 5.82 Å². The van der Waals surface area contributed by atoms with Crippen molar-refractivity contribution >= 4 is 11.8 Å². The average Bonchev–Trinajstić information content (AvgIpc) is 3.58. The molecule has 1 fully saturated rings. The predicted molar refractivity (Wildman–Crippen MR) is 149 cm³/mol. The Bertz CT molecular complexity index is 1290. The number of aliphatic hydroxyl groups is 1. The second-order valence-corrected chi connectivity index (χ2v) is 10.1. The number of aryl methyl sites for hydroxylation is 3. The smallest absolute Gasteiger partial charge is 0.307 e. The standard InChI is InChI=1S/C29H39N5O5/c1-6-20-13-22(11-18(4)26(20)38-17-24(35)16-33-10-9-21(15-33)29(36)37)27-31-28(39-32-27)23-12-19(5)30-25(14-23)34(7-2)8-3/h11-14,21,24,35H,6-10,15-17H2,1-5H3,(H,36,37). The van der Waals surface area contributed by atoms with Crippen LogP contribution in [0.5, 0.6) is 5.75 Å². The normalized spacial score (nSPS) is 16.4. The molecule has 1 aromatic carbocycles. The molecule has 2 unspecified atom stereocenters. The molecule has 39 heavy (non-hydrogen) atoms. The van der Waals surface area contributed by atoms with E-state index in [9.17, 15) is 15.0 Å². The van der Waals surface area contributed by atoms with Gasteiger partial charge in [0.1, 0.15) is 24.3 Å². The zero-order valence-corrected chi connectivity index (χ0v) is 23.5. The van der Waals surface area contributed by atoms with Crippen LogP contribution in [0.3, 0.4) is 0 Å². The van der Waals surface area contributed by atoms with Gasteiger partial charge in [0.15, 0.2) is 0 Å². The Balaban J connectivity index is 1.47. The maximum Gasteiger partial charge on any atom is 0.307 e. The van der Waals surface area contributed by atoms with Gasteiger partial charge in [0.05, 0.1) is 5.92 Å². The molecule has 3 heterocycles. The lowest BCUT2D eigenvalue weighted by Gasteiger charge is -2.21. The summed E-state index contributed by atoms with van der Waals surface area (Å²) in [6, 6.07) is 7.89. The summed E-state index contributed by atoms with van der Waals surface area (Å²) >= 11 is 0. The van der Waals surface area contributed by atoms with Crippen LogP contribution in [-0.4, -0.2) is 81.6 Å². The largest absolute Gasteiger partial charge is 0.490 e. The minimum absolute atomic E-state index is 0.129. The highest BCUT2D eigenvalue weighted by Gasteiger charge is 2.29. The molecule has 1 aliphatic rings. The third kappa shape index (κ3) is 6.75. The Labute approximate surface area is 229 Å². The number of carboxylic acid groups (broad SMARTS) is 1. The van der Waals surface area contributed by atoms with Gasteiger partial charge in [-0.1, -0.05) is 12.1 Å². The van der Waals surface area contributed by atoms with Crippen LogP contribution >= 0.6 is 0 Å². The Morgan fingerprint density at radius 1 is 1.15 bits per heavy atom. The van der Waals surface area contributed by atoms with Gasteiger partial charge < -0.3 is 24.4 Å². The quantitative estimate of drug-likeness (QED) is 0.351. The number of aliphatic hydroxyl groups excluding tert-OH is 1. The topological polar surface area (TPSA) is 125 Å². The van der Waals surface area contributed by atoms with Gasteiger partial charge in [0, 0.05) is 43.0 Å². The number of aromatic nitrogens is 3. The van der Waals surface area contributed by atoms with Crippen LogP contribution < -0.4 is 9.64 Å². The molecule has 0 saturated carbocycles. The maximum atomic E-state index is 11.2. The molecule has 3 aromatic rings. The van der Waals surface area contributed by atoms with Crippen molar-refractivity contribution in [2.45, 2.75) is 53.6 Å². The summed E-state index contributed by atoms with van der Waals surface area (Å²) < 4.78 is 11.7. The first-order chi connectivity index (χ1) is 18.7. The number of ether oxygens (including phenoxy) is 1. The van der Waals surface area contributed by atoms with Crippen molar-refractivity contribution in [1.29, 1.82) is 0 Å². The van der Waals surface area contributed by atoms with Gasteiger partial charge in [-0.2, -0.15) is 4.98 Å². The SMILES string of the molecule is CCc1cc(-c2noc(-c3cc(C)nc(N(CC)CC)c3)n2)cc(C)c1OCC(O)CN1CCC(C(=O)O)C1. The molecule has 210 valence electrons. The Kier molecular flexibility index (Phi) is 9.19. The van der Waals surface area contributed by atoms with Crippen LogP contribution in [0.2, 0.25) is 0 Å². The number of carboxylic acids is 1. The molecule has 10 heteroatoms. The first-order valence-electron chi connectivity index (χ1n) is 13.7. The number of aliphatic carboxylic acids is 1. The lowest BCUT2D eigenvalue weighted by Crippen LogP contribution is -2.35. The van der Waals surface area contributed by atoms with Gasteiger partial charge in [-0.3, -0.25) is 9.69 Å². The number of β-amino-alcohol motifs (C(OH)–C–C–N with tert-alkyl or cyclic N) is 1. The van der Waals surface area contributed by atoms with Crippen molar-refractivity contribution in [1.82, 2.24) is 20.0 Å². The van der Waals surface area contributed by atoms with Crippen LogP contribution in [-0.2, 0) is 11.2 Å². The van der Waals surface area contributed by atoms with E-state index >= 15 is 0 Å². The summed E-state index contributed by atoms with van der Waals surface area (Å²) in [6.07, 6.45) is 0.624. The maximum absolute atomic E-state index is 11.2. The molecule has 0 bridgehead atoms. The lowest BCUT2D eigenvalue weighted by atomic mass is 10.0. The van der Waals surface area contributed by atoms with Gasteiger partial charge in [0.25, 0.3) is 5.89 Å². The van der Waals surface area contributed by atoms with Crippen LogP contribution in [0.1, 0.15) is 44.0 Å². The summed E-state index contributed by atoms with van der Waals surface area (Å²) in [4.78, 5) is 24.7. The van der Waals surface area contributed by atoms with Gasteiger partial charge in [-0.15, -0.1) is 0 Å². The van der Waals surface area contributed by atoms with Gasteiger partial charge in [-0.25, -0.2) is 4.98 Å². The number of pyridine rings is 1. The Morgan fingerprint density at radius 2 is 1.92 bits per heavy atom. The summed E-state index contributed by atoms with van der Waals surface area (Å²) in [5.74, 6) is 1.42. The molecule has 0 spiro atoms. The average molecular weight is 538 g/mol. The zero-order chi connectivity index (χ0) is 28.1. The van der Waals surface area contributed by atoms with Crippen LogP contribution in [0.15, 0.2) is 28.8 Å². The van der Waals surface area contributed by atoms with Gasteiger partial charge in [-0.05, 0) is 82.5 Å². The van der Waals surface area contributed by atoms with E-state index in [0.717, 1.165) is 59.0 Å². The van der Waals surface area contributed by atoms with Crippen molar-refractivity contribution in [3.63, 3.8) is 0 Å². The van der Waals surface area contributed by atoms with Crippen molar-refractivity contribution in [3.8, 4) is 28.6 Å². The monoisotopic (exact) mass is 537 g/mol. The molecule has 2 atom stereocenters. The fourth-order valence-corrected chi connectivity index (χ4v) is 5.12. The minimum Gasteiger partial charge on any atom is -0.490 e. The van der Waals surface area contributed by atoms with Crippen molar-refractivity contribution in [2.24, 2.45) is 5.92 Å². The molecular formula is C29H39N5O5. The highest BCUT2D eigenvalue weighted by Crippen LogP contribution is 2.32. The van der Waals surface area contributed by atoms with E-state index in [2.05, 4.69) is 33.9 Å². The zero-order valence-electron chi connectivity index (χ0n) is 23.5. The first kappa shape index (κ1) is 28.5. The minimum atomic E-state index is -0.777. The summed E-state index contributed by atoms with van der Waals surface area (Å²) in [5.41, 5.74) is 4.45. The molecule has 0 amide bonds. The van der Waals surface area contributed by atoms with Gasteiger partial charge >= 0.3 is 5.97 Å². The number of hydrogen-bond acceptors (Lipinski definition) is 9. The number of carbonyl (C=O) groups is 1. The molecule has 1 aliphatic heterocycles. The number of anilines is 1. The molecule has 2 aromatic heterocycles. The summed E-state index contributed by atoms with van der Waals surface area (Å²) in [6.45, 7) is 13.5. The number of rotatable bonds is 12. The fraction of sp³-hybridized carbons (Fsp3) is 0.517.